The van der Waals surface area contributed by atoms with Gasteiger partial charge in [-0.1, -0.05) is 22.9 Å². The molecule has 1 aromatic carbocycles. The van der Waals surface area contributed by atoms with Gasteiger partial charge in [-0.3, -0.25) is 0 Å². The van der Waals surface area contributed by atoms with E-state index in [4.69, 9.17) is 5.73 Å². The van der Waals surface area contributed by atoms with E-state index in [9.17, 15) is 8.78 Å². The maximum absolute atomic E-state index is 13.0. The average molecular weight is 264 g/mol. The van der Waals surface area contributed by atoms with Gasteiger partial charge in [0.1, 0.15) is 0 Å². The first-order valence-electron chi connectivity index (χ1n) is 4.32. The second-order valence-corrected chi connectivity index (χ2v) is 4.37. The maximum atomic E-state index is 13.0. The predicted molar refractivity (Wildman–Crippen MR) is 55.9 cm³/mol. The smallest absolute Gasteiger partial charge is 0.159 e. The van der Waals surface area contributed by atoms with Gasteiger partial charge in [0, 0.05) is 10.0 Å². The molecule has 0 aliphatic rings. The van der Waals surface area contributed by atoms with Crippen LogP contribution in [0.5, 0.6) is 0 Å². The summed E-state index contributed by atoms with van der Waals surface area (Å²) in [6, 6.07) is 2.24. The number of halogens is 3. The molecule has 0 spiro atoms. The zero-order valence-electron chi connectivity index (χ0n) is 8.07. The largest absolute Gasteiger partial charge is 0.322 e. The van der Waals surface area contributed by atoms with E-state index < -0.39 is 17.2 Å². The molecule has 0 saturated carbocycles. The Labute approximate surface area is 90.4 Å². The molecule has 0 saturated heterocycles. The lowest BCUT2D eigenvalue weighted by atomic mass is 9.90. The predicted octanol–water partition coefficient (Wildman–Crippen LogP) is 3.31. The third kappa shape index (κ3) is 2.12. The number of hydrogen-bond donors (Lipinski definition) is 1. The van der Waals surface area contributed by atoms with Crippen molar-refractivity contribution in [3.05, 3.63) is 33.8 Å². The highest BCUT2D eigenvalue weighted by Crippen LogP contribution is 2.30. The molecule has 1 aromatic rings. The number of rotatable bonds is 2. The lowest BCUT2D eigenvalue weighted by molar-refractivity contribution is 0.458. The number of benzene rings is 1. The van der Waals surface area contributed by atoms with E-state index in [2.05, 4.69) is 15.9 Å². The van der Waals surface area contributed by atoms with E-state index >= 15 is 0 Å². The van der Waals surface area contributed by atoms with Gasteiger partial charge in [0.2, 0.25) is 0 Å². The van der Waals surface area contributed by atoms with E-state index in [-0.39, 0.29) is 0 Å². The van der Waals surface area contributed by atoms with Crippen molar-refractivity contribution in [2.45, 2.75) is 25.8 Å². The molecular weight excluding hydrogens is 252 g/mol. The van der Waals surface area contributed by atoms with Crippen molar-refractivity contribution in [1.29, 1.82) is 0 Å². The molecule has 0 amide bonds. The fraction of sp³-hybridized carbons (Fsp3) is 0.400. The Morgan fingerprint density at radius 2 is 1.86 bits per heavy atom. The second kappa shape index (κ2) is 3.95. The van der Waals surface area contributed by atoms with Crippen molar-refractivity contribution in [3.8, 4) is 0 Å². The van der Waals surface area contributed by atoms with Gasteiger partial charge in [-0.05, 0) is 31.0 Å². The van der Waals surface area contributed by atoms with E-state index in [1.54, 1.807) is 6.92 Å². The molecule has 1 unspecified atom stereocenters. The molecule has 0 bridgehead atoms. The molecule has 78 valence electrons. The van der Waals surface area contributed by atoms with Crippen LogP contribution in [0.4, 0.5) is 8.78 Å². The van der Waals surface area contributed by atoms with Crippen molar-refractivity contribution < 1.29 is 8.78 Å². The van der Waals surface area contributed by atoms with Gasteiger partial charge in [-0.25, -0.2) is 8.78 Å². The van der Waals surface area contributed by atoms with E-state index in [0.717, 1.165) is 12.1 Å². The zero-order valence-corrected chi connectivity index (χ0v) is 9.66. The fourth-order valence-corrected chi connectivity index (χ4v) is 1.92. The summed E-state index contributed by atoms with van der Waals surface area (Å²) in [5.74, 6) is -1.74. The summed E-state index contributed by atoms with van der Waals surface area (Å²) < 4.78 is 26.3. The SMILES string of the molecule is CCC(C)(N)c1cc(F)c(F)cc1Br. The monoisotopic (exact) mass is 263 g/mol. The van der Waals surface area contributed by atoms with E-state index in [1.165, 1.54) is 0 Å². The average Bonchev–Trinajstić information content (AvgIpc) is 2.11. The second-order valence-electron chi connectivity index (χ2n) is 3.52. The van der Waals surface area contributed by atoms with Crippen molar-refractivity contribution in [2.75, 3.05) is 0 Å². The Morgan fingerprint density at radius 3 is 2.36 bits per heavy atom. The van der Waals surface area contributed by atoms with Crippen LogP contribution in [0.25, 0.3) is 0 Å². The van der Waals surface area contributed by atoms with Crippen LogP contribution in [-0.2, 0) is 5.54 Å². The van der Waals surface area contributed by atoms with Crippen molar-refractivity contribution >= 4 is 15.9 Å². The highest BCUT2D eigenvalue weighted by atomic mass is 79.9. The summed E-state index contributed by atoms with van der Waals surface area (Å²) in [5, 5.41) is 0. The summed E-state index contributed by atoms with van der Waals surface area (Å²) in [7, 11) is 0. The molecular formula is C10H12BrF2N. The molecule has 0 aliphatic carbocycles. The van der Waals surface area contributed by atoms with Gasteiger partial charge in [0.15, 0.2) is 11.6 Å². The van der Waals surface area contributed by atoms with Gasteiger partial charge in [-0.15, -0.1) is 0 Å². The van der Waals surface area contributed by atoms with Gasteiger partial charge >= 0.3 is 0 Å². The first-order chi connectivity index (χ1) is 6.38. The molecule has 4 heteroatoms. The van der Waals surface area contributed by atoms with Crippen LogP contribution in [0.1, 0.15) is 25.8 Å². The topological polar surface area (TPSA) is 26.0 Å². The van der Waals surface area contributed by atoms with Gasteiger partial charge in [0.05, 0.1) is 0 Å². The van der Waals surface area contributed by atoms with Crippen molar-refractivity contribution in [2.24, 2.45) is 5.73 Å². The van der Waals surface area contributed by atoms with Crippen LogP contribution in [0.3, 0.4) is 0 Å². The van der Waals surface area contributed by atoms with Crippen LogP contribution in [0, 0.1) is 11.6 Å². The Hall–Kier alpha value is -0.480. The molecule has 2 N–H and O–H groups in total. The zero-order chi connectivity index (χ0) is 10.9. The van der Waals surface area contributed by atoms with Crippen LogP contribution in [-0.4, -0.2) is 0 Å². The lowest BCUT2D eigenvalue weighted by Crippen LogP contribution is -2.32. The van der Waals surface area contributed by atoms with Gasteiger partial charge < -0.3 is 5.73 Å². The number of nitrogens with two attached hydrogens (primary N) is 1. The summed E-state index contributed by atoms with van der Waals surface area (Å²) in [6.45, 7) is 3.68. The standard InChI is InChI=1S/C10H12BrF2N/c1-3-10(2,14)6-4-8(12)9(13)5-7(6)11/h4-5H,3,14H2,1-2H3. The maximum Gasteiger partial charge on any atom is 0.159 e. The van der Waals surface area contributed by atoms with Crippen molar-refractivity contribution in [1.82, 2.24) is 0 Å². The van der Waals surface area contributed by atoms with Crippen molar-refractivity contribution in [3.63, 3.8) is 0 Å². The molecule has 0 aromatic heterocycles. The summed E-state index contributed by atoms with van der Waals surface area (Å²) in [4.78, 5) is 0. The quantitative estimate of drug-likeness (QED) is 0.815. The minimum Gasteiger partial charge on any atom is -0.322 e. The molecule has 1 atom stereocenters. The summed E-state index contributed by atoms with van der Waals surface area (Å²) >= 11 is 3.17. The molecule has 0 radical (unpaired) electrons. The van der Waals surface area contributed by atoms with E-state index in [0.29, 0.717) is 16.5 Å². The Morgan fingerprint density at radius 1 is 1.36 bits per heavy atom. The third-order valence-electron chi connectivity index (χ3n) is 2.36. The summed E-state index contributed by atoms with van der Waals surface area (Å²) in [5.41, 5.74) is 5.87. The molecule has 1 rings (SSSR count). The van der Waals surface area contributed by atoms with Gasteiger partial charge in [0.25, 0.3) is 0 Å². The molecule has 0 heterocycles. The Kier molecular flexibility index (Phi) is 3.27. The number of hydrogen-bond acceptors (Lipinski definition) is 1. The first kappa shape index (κ1) is 11.6. The van der Waals surface area contributed by atoms with Crippen LogP contribution in [0.15, 0.2) is 16.6 Å². The molecule has 0 aliphatic heterocycles. The minimum absolute atomic E-state index is 0.503. The normalized spacial score (nSPS) is 15.3. The van der Waals surface area contributed by atoms with Crippen LogP contribution >= 0.6 is 15.9 Å². The van der Waals surface area contributed by atoms with E-state index in [1.807, 2.05) is 6.92 Å². The minimum atomic E-state index is -0.868. The Bertz CT molecular complexity index is 350. The molecule has 0 fully saturated rings. The third-order valence-corrected chi connectivity index (χ3v) is 3.02. The lowest BCUT2D eigenvalue weighted by Gasteiger charge is -2.24. The van der Waals surface area contributed by atoms with Gasteiger partial charge in [-0.2, -0.15) is 0 Å². The fourth-order valence-electron chi connectivity index (χ4n) is 1.15. The Balaban J connectivity index is 3.29. The van der Waals surface area contributed by atoms with Crippen LogP contribution in [0.2, 0.25) is 0 Å². The highest BCUT2D eigenvalue weighted by molar-refractivity contribution is 9.10. The highest BCUT2D eigenvalue weighted by Gasteiger charge is 2.23. The first-order valence-corrected chi connectivity index (χ1v) is 5.11. The molecule has 1 nitrogen and oxygen atoms in total. The van der Waals surface area contributed by atoms with Crippen LogP contribution < -0.4 is 5.73 Å². The molecule has 14 heavy (non-hydrogen) atoms. The summed E-state index contributed by atoms with van der Waals surface area (Å²) in [6.07, 6.45) is 0.649.